The first kappa shape index (κ1) is 16.7. The minimum Gasteiger partial charge on any atom is -0.325 e. The molecule has 2 rings (SSSR count). The minimum atomic E-state index is -0.333. The van der Waals surface area contributed by atoms with Crippen molar-refractivity contribution in [3.05, 3.63) is 65.2 Å². The highest BCUT2D eigenvalue weighted by Crippen LogP contribution is 2.17. The van der Waals surface area contributed by atoms with Crippen LogP contribution in [0.4, 0.5) is 5.69 Å². The molecule has 0 saturated heterocycles. The first-order valence-corrected chi connectivity index (χ1v) is 7.64. The molecule has 4 heteroatoms. The number of rotatable bonds is 5. The zero-order chi connectivity index (χ0) is 16.8. The van der Waals surface area contributed by atoms with Crippen LogP contribution in [0.5, 0.6) is 0 Å². The monoisotopic (exact) mass is 307 g/mol. The lowest BCUT2D eigenvalue weighted by Crippen LogP contribution is -2.39. The maximum Gasteiger partial charge on any atom is 0.241 e. The van der Waals surface area contributed by atoms with Crippen molar-refractivity contribution >= 4 is 11.6 Å². The van der Waals surface area contributed by atoms with Crippen LogP contribution in [0.3, 0.4) is 0 Å². The lowest BCUT2D eigenvalue weighted by molar-refractivity contribution is -0.117. The van der Waals surface area contributed by atoms with Crippen LogP contribution in [-0.4, -0.2) is 11.9 Å². The fourth-order valence-electron chi connectivity index (χ4n) is 2.49. The standard InChI is InChI=1S/C19H21N3O/c1-13-6-4-5-7-18(13)14(2)21-15(3)19(23)22-17-10-8-16(12-20)9-11-17/h4-11,14-15,21H,1-3H3,(H,22,23)/t14-,15-/m0/s1. The van der Waals surface area contributed by atoms with Crippen LogP contribution in [0.2, 0.25) is 0 Å². The van der Waals surface area contributed by atoms with Crippen LogP contribution < -0.4 is 10.6 Å². The van der Waals surface area contributed by atoms with E-state index in [-0.39, 0.29) is 18.0 Å². The van der Waals surface area contributed by atoms with E-state index in [1.54, 1.807) is 24.3 Å². The summed E-state index contributed by atoms with van der Waals surface area (Å²) in [6.45, 7) is 5.95. The Morgan fingerprint density at radius 3 is 2.35 bits per heavy atom. The van der Waals surface area contributed by atoms with Crippen LogP contribution in [0.25, 0.3) is 0 Å². The molecule has 0 aliphatic heterocycles. The molecule has 0 aliphatic carbocycles. The van der Waals surface area contributed by atoms with Crippen molar-refractivity contribution in [2.45, 2.75) is 32.9 Å². The molecule has 0 unspecified atom stereocenters. The molecule has 2 N–H and O–H groups in total. The molecular formula is C19H21N3O. The summed E-state index contributed by atoms with van der Waals surface area (Å²) in [5.41, 5.74) is 3.64. The summed E-state index contributed by atoms with van der Waals surface area (Å²) in [5, 5.41) is 14.9. The van der Waals surface area contributed by atoms with Crippen molar-refractivity contribution in [3.63, 3.8) is 0 Å². The SMILES string of the molecule is Cc1ccccc1[C@H](C)N[C@@H](C)C(=O)Nc1ccc(C#N)cc1. The highest BCUT2D eigenvalue weighted by Gasteiger charge is 2.17. The van der Waals surface area contributed by atoms with E-state index >= 15 is 0 Å². The number of hydrogen-bond donors (Lipinski definition) is 2. The van der Waals surface area contributed by atoms with Gasteiger partial charge in [-0.2, -0.15) is 5.26 Å². The number of anilines is 1. The number of amides is 1. The number of hydrogen-bond acceptors (Lipinski definition) is 3. The Morgan fingerprint density at radius 1 is 1.09 bits per heavy atom. The van der Waals surface area contributed by atoms with Gasteiger partial charge < -0.3 is 5.32 Å². The van der Waals surface area contributed by atoms with Gasteiger partial charge in [0, 0.05) is 11.7 Å². The highest BCUT2D eigenvalue weighted by atomic mass is 16.2. The molecule has 0 fully saturated rings. The highest BCUT2D eigenvalue weighted by molar-refractivity contribution is 5.94. The van der Waals surface area contributed by atoms with Crippen molar-refractivity contribution in [1.29, 1.82) is 5.26 Å². The van der Waals surface area contributed by atoms with Crippen molar-refractivity contribution in [2.24, 2.45) is 0 Å². The van der Waals surface area contributed by atoms with E-state index in [0.29, 0.717) is 11.3 Å². The van der Waals surface area contributed by atoms with Gasteiger partial charge in [0.25, 0.3) is 0 Å². The zero-order valence-electron chi connectivity index (χ0n) is 13.6. The summed E-state index contributed by atoms with van der Waals surface area (Å²) in [4.78, 5) is 12.3. The van der Waals surface area contributed by atoms with E-state index < -0.39 is 0 Å². The van der Waals surface area contributed by atoms with Gasteiger partial charge in [-0.05, 0) is 56.2 Å². The van der Waals surface area contributed by atoms with Crippen LogP contribution in [0.15, 0.2) is 48.5 Å². The number of carbonyl (C=O) groups is 1. The van der Waals surface area contributed by atoms with E-state index in [0.717, 1.165) is 0 Å². The number of nitrogens with one attached hydrogen (secondary N) is 2. The predicted octanol–water partition coefficient (Wildman–Crippen LogP) is 3.54. The summed E-state index contributed by atoms with van der Waals surface area (Å²) >= 11 is 0. The van der Waals surface area contributed by atoms with E-state index in [2.05, 4.69) is 35.8 Å². The predicted molar refractivity (Wildman–Crippen MR) is 92.0 cm³/mol. The summed E-state index contributed by atoms with van der Waals surface area (Å²) in [5.74, 6) is -0.102. The maximum atomic E-state index is 12.3. The van der Waals surface area contributed by atoms with Gasteiger partial charge in [0.2, 0.25) is 5.91 Å². The smallest absolute Gasteiger partial charge is 0.241 e. The number of carbonyl (C=O) groups excluding carboxylic acids is 1. The Kier molecular flexibility index (Phi) is 5.51. The van der Waals surface area contributed by atoms with Gasteiger partial charge in [-0.15, -0.1) is 0 Å². The zero-order valence-corrected chi connectivity index (χ0v) is 13.6. The molecule has 118 valence electrons. The molecule has 0 aliphatic rings. The molecule has 1 amide bonds. The van der Waals surface area contributed by atoms with Crippen molar-refractivity contribution < 1.29 is 4.79 Å². The van der Waals surface area contributed by atoms with Crippen LogP contribution in [0.1, 0.15) is 36.6 Å². The summed E-state index contributed by atoms with van der Waals surface area (Å²) in [7, 11) is 0. The third-order valence-corrected chi connectivity index (χ3v) is 3.83. The third-order valence-electron chi connectivity index (χ3n) is 3.83. The second-order valence-electron chi connectivity index (χ2n) is 5.65. The summed E-state index contributed by atoms with van der Waals surface area (Å²) in [6, 6.07) is 16.8. The Labute approximate surface area is 137 Å². The van der Waals surface area contributed by atoms with Crippen molar-refractivity contribution in [2.75, 3.05) is 5.32 Å². The Hall–Kier alpha value is -2.64. The molecule has 2 aromatic rings. The van der Waals surface area contributed by atoms with Gasteiger partial charge in [-0.25, -0.2) is 0 Å². The Morgan fingerprint density at radius 2 is 1.74 bits per heavy atom. The molecule has 0 bridgehead atoms. The van der Waals surface area contributed by atoms with Gasteiger partial charge in [-0.3, -0.25) is 10.1 Å². The average molecular weight is 307 g/mol. The van der Waals surface area contributed by atoms with Gasteiger partial charge in [-0.1, -0.05) is 24.3 Å². The number of aryl methyl sites for hydroxylation is 1. The second-order valence-corrected chi connectivity index (χ2v) is 5.65. The van der Waals surface area contributed by atoms with Crippen molar-refractivity contribution in [3.8, 4) is 6.07 Å². The molecule has 23 heavy (non-hydrogen) atoms. The maximum absolute atomic E-state index is 12.3. The summed E-state index contributed by atoms with van der Waals surface area (Å²) < 4.78 is 0. The average Bonchev–Trinajstić information content (AvgIpc) is 2.55. The second kappa shape index (κ2) is 7.57. The van der Waals surface area contributed by atoms with Crippen LogP contribution in [0, 0.1) is 18.3 Å². The number of benzene rings is 2. The lowest BCUT2D eigenvalue weighted by Gasteiger charge is -2.21. The number of nitrogens with zero attached hydrogens (tertiary/aromatic N) is 1. The number of nitriles is 1. The molecule has 0 saturated carbocycles. The molecule has 2 atom stereocenters. The quantitative estimate of drug-likeness (QED) is 0.888. The Balaban J connectivity index is 1.97. The molecule has 0 spiro atoms. The van der Waals surface area contributed by atoms with Gasteiger partial charge >= 0.3 is 0 Å². The molecule has 0 heterocycles. The van der Waals surface area contributed by atoms with E-state index in [4.69, 9.17) is 5.26 Å². The minimum absolute atomic E-state index is 0.0814. The fourth-order valence-corrected chi connectivity index (χ4v) is 2.49. The van der Waals surface area contributed by atoms with E-state index in [9.17, 15) is 4.79 Å². The van der Waals surface area contributed by atoms with E-state index in [1.807, 2.05) is 26.0 Å². The van der Waals surface area contributed by atoms with Gasteiger partial charge in [0.15, 0.2) is 0 Å². The summed E-state index contributed by atoms with van der Waals surface area (Å²) in [6.07, 6.45) is 0. The Bertz CT molecular complexity index is 716. The molecule has 2 aromatic carbocycles. The normalized spacial score (nSPS) is 13.0. The van der Waals surface area contributed by atoms with Gasteiger partial charge in [0.05, 0.1) is 17.7 Å². The molecule has 4 nitrogen and oxygen atoms in total. The molecule has 0 radical (unpaired) electrons. The topological polar surface area (TPSA) is 64.9 Å². The van der Waals surface area contributed by atoms with Crippen molar-refractivity contribution in [1.82, 2.24) is 5.32 Å². The van der Waals surface area contributed by atoms with Crippen LogP contribution >= 0.6 is 0 Å². The molecule has 0 aromatic heterocycles. The molecular weight excluding hydrogens is 286 g/mol. The fraction of sp³-hybridized carbons (Fsp3) is 0.263. The first-order valence-electron chi connectivity index (χ1n) is 7.64. The largest absolute Gasteiger partial charge is 0.325 e. The third kappa shape index (κ3) is 4.41. The van der Waals surface area contributed by atoms with Gasteiger partial charge in [0.1, 0.15) is 0 Å². The van der Waals surface area contributed by atoms with E-state index in [1.165, 1.54) is 11.1 Å². The van der Waals surface area contributed by atoms with Crippen LogP contribution in [-0.2, 0) is 4.79 Å². The first-order chi connectivity index (χ1) is 11.0. The lowest BCUT2D eigenvalue weighted by atomic mass is 10.0.